The average Bonchev–Trinajstić information content (AvgIpc) is 2.71. The summed E-state index contributed by atoms with van der Waals surface area (Å²) in [6.07, 6.45) is 2.83. The van der Waals surface area contributed by atoms with E-state index in [1.807, 2.05) is 0 Å². The Morgan fingerprint density at radius 1 is 1.40 bits per heavy atom. The van der Waals surface area contributed by atoms with Crippen LogP contribution in [-0.4, -0.2) is 26.0 Å². The lowest BCUT2D eigenvalue weighted by atomic mass is 10.1. The van der Waals surface area contributed by atoms with E-state index < -0.39 is 16.0 Å². The molecule has 1 heterocycles. The first-order valence-corrected chi connectivity index (χ1v) is 8.87. The van der Waals surface area contributed by atoms with E-state index in [2.05, 4.69) is 18.6 Å². The van der Waals surface area contributed by atoms with Gasteiger partial charge in [-0.25, -0.2) is 17.9 Å². The van der Waals surface area contributed by atoms with Crippen LogP contribution in [0.2, 0.25) is 0 Å². The molecule has 0 aromatic carbocycles. The summed E-state index contributed by atoms with van der Waals surface area (Å²) in [4.78, 5) is 11.5. The first-order chi connectivity index (χ1) is 9.24. The summed E-state index contributed by atoms with van der Waals surface area (Å²) >= 11 is 0.978. The molecule has 20 heavy (non-hydrogen) atoms. The van der Waals surface area contributed by atoms with Gasteiger partial charge in [0.05, 0.1) is 4.90 Å². The summed E-state index contributed by atoms with van der Waals surface area (Å²) in [5, 5.41) is 8.88. The number of sulfonamides is 1. The molecule has 114 valence electrons. The van der Waals surface area contributed by atoms with E-state index in [1.54, 1.807) is 6.92 Å². The van der Waals surface area contributed by atoms with Crippen molar-refractivity contribution in [1.82, 2.24) is 4.72 Å². The van der Waals surface area contributed by atoms with Crippen LogP contribution >= 0.6 is 11.3 Å². The molecular formula is C13H21NO4S2. The lowest BCUT2D eigenvalue weighted by molar-refractivity contribution is 0.0702. The Hall–Kier alpha value is -0.920. The van der Waals surface area contributed by atoms with Crippen LogP contribution in [0.3, 0.4) is 0 Å². The highest BCUT2D eigenvalue weighted by Gasteiger charge is 2.21. The maximum Gasteiger partial charge on any atom is 0.345 e. The van der Waals surface area contributed by atoms with Gasteiger partial charge in [-0.3, -0.25) is 0 Å². The Morgan fingerprint density at radius 3 is 2.55 bits per heavy atom. The SMILES string of the molecule is Cc1sc(C(=O)O)cc1S(=O)(=O)NCCCCC(C)C. The Kier molecular flexibility index (Phi) is 6.16. The van der Waals surface area contributed by atoms with Gasteiger partial charge in [0, 0.05) is 11.4 Å². The second-order valence-electron chi connectivity index (χ2n) is 5.12. The van der Waals surface area contributed by atoms with Crippen molar-refractivity contribution in [3.63, 3.8) is 0 Å². The van der Waals surface area contributed by atoms with Gasteiger partial charge in [0.1, 0.15) is 4.88 Å². The van der Waals surface area contributed by atoms with Crippen molar-refractivity contribution in [2.45, 2.75) is 44.9 Å². The van der Waals surface area contributed by atoms with Crippen molar-refractivity contribution in [3.8, 4) is 0 Å². The number of nitrogens with one attached hydrogen (secondary N) is 1. The molecule has 0 amide bonds. The molecule has 0 saturated heterocycles. The second-order valence-corrected chi connectivity index (χ2v) is 8.12. The van der Waals surface area contributed by atoms with E-state index in [-0.39, 0.29) is 9.77 Å². The molecule has 5 nitrogen and oxygen atoms in total. The number of aryl methyl sites for hydroxylation is 1. The molecule has 0 bridgehead atoms. The summed E-state index contributed by atoms with van der Waals surface area (Å²) in [7, 11) is -3.61. The average molecular weight is 319 g/mol. The van der Waals surface area contributed by atoms with Crippen LogP contribution in [0.1, 0.15) is 47.7 Å². The van der Waals surface area contributed by atoms with Crippen molar-refractivity contribution >= 4 is 27.3 Å². The van der Waals surface area contributed by atoms with E-state index >= 15 is 0 Å². The zero-order chi connectivity index (χ0) is 15.3. The monoisotopic (exact) mass is 319 g/mol. The summed E-state index contributed by atoms with van der Waals surface area (Å²) < 4.78 is 26.7. The topological polar surface area (TPSA) is 83.5 Å². The highest BCUT2D eigenvalue weighted by molar-refractivity contribution is 7.89. The van der Waals surface area contributed by atoms with E-state index in [0.29, 0.717) is 17.3 Å². The summed E-state index contributed by atoms with van der Waals surface area (Å²) in [6, 6.07) is 1.22. The zero-order valence-electron chi connectivity index (χ0n) is 12.0. The number of carboxylic acids is 1. The molecular weight excluding hydrogens is 298 g/mol. The number of hydrogen-bond acceptors (Lipinski definition) is 4. The lowest BCUT2D eigenvalue weighted by Gasteiger charge is -2.07. The smallest absolute Gasteiger partial charge is 0.345 e. The molecule has 7 heteroatoms. The maximum atomic E-state index is 12.1. The third-order valence-corrected chi connectivity index (χ3v) is 5.63. The van der Waals surface area contributed by atoms with Crippen LogP contribution in [0.5, 0.6) is 0 Å². The highest BCUT2D eigenvalue weighted by Crippen LogP contribution is 2.25. The molecule has 0 aliphatic heterocycles. The second kappa shape index (κ2) is 7.19. The molecule has 0 aliphatic carbocycles. The molecule has 0 saturated carbocycles. The molecule has 0 atom stereocenters. The van der Waals surface area contributed by atoms with Crippen LogP contribution in [0.25, 0.3) is 0 Å². The Bertz CT molecular complexity index is 561. The first kappa shape index (κ1) is 17.1. The highest BCUT2D eigenvalue weighted by atomic mass is 32.2. The Balaban J connectivity index is 2.63. The van der Waals surface area contributed by atoms with Gasteiger partial charge >= 0.3 is 5.97 Å². The standard InChI is InChI=1S/C13H21NO4S2/c1-9(2)6-4-5-7-14-20(17,18)12-8-11(13(15)16)19-10(12)3/h8-9,14H,4-7H2,1-3H3,(H,15,16). The molecule has 0 fully saturated rings. The van der Waals surface area contributed by atoms with Gasteiger partial charge in [0.15, 0.2) is 0 Å². The number of hydrogen-bond donors (Lipinski definition) is 2. The van der Waals surface area contributed by atoms with Crippen LogP contribution in [0.4, 0.5) is 0 Å². The minimum Gasteiger partial charge on any atom is -0.477 e. The quantitative estimate of drug-likeness (QED) is 0.722. The van der Waals surface area contributed by atoms with Crippen LogP contribution in [0.15, 0.2) is 11.0 Å². The van der Waals surface area contributed by atoms with Crippen molar-refractivity contribution in [1.29, 1.82) is 0 Å². The van der Waals surface area contributed by atoms with Gasteiger partial charge < -0.3 is 5.11 Å². The molecule has 1 aromatic rings. The molecule has 0 radical (unpaired) electrons. The number of carbonyl (C=O) groups is 1. The molecule has 0 unspecified atom stereocenters. The first-order valence-electron chi connectivity index (χ1n) is 6.57. The van der Waals surface area contributed by atoms with Crippen molar-refractivity contribution in [2.24, 2.45) is 5.92 Å². The number of thiophene rings is 1. The molecule has 0 spiro atoms. The minimum atomic E-state index is -3.61. The third-order valence-electron chi connectivity index (χ3n) is 2.87. The fourth-order valence-corrected chi connectivity index (χ4v) is 4.30. The zero-order valence-corrected chi connectivity index (χ0v) is 13.6. The number of carboxylic acid groups (broad SMARTS) is 1. The number of aromatic carboxylic acids is 1. The largest absolute Gasteiger partial charge is 0.477 e. The van der Waals surface area contributed by atoms with Gasteiger partial charge in [-0.15, -0.1) is 11.3 Å². The van der Waals surface area contributed by atoms with Gasteiger partial charge in [0.25, 0.3) is 0 Å². The number of rotatable bonds is 8. The summed E-state index contributed by atoms with van der Waals surface area (Å²) in [5.74, 6) is -0.486. The molecule has 2 N–H and O–H groups in total. The van der Waals surface area contributed by atoms with Gasteiger partial charge in [-0.05, 0) is 25.3 Å². The van der Waals surface area contributed by atoms with Crippen molar-refractivity contribution in [2.75, 3.05) is 6.54 Å². The Morgan fingerprint density at radius 2 is 2.05 bits per heavy atom. The van der Waals surface area contributed by atoms with Crippen molar-refractivity contribution in [3.05, 3.63) is 15.8 Å². The maximum absolute atomic E-state index is 12.1. The van der Waals surface area contributed by atoms with E-state index in [0.717, 1.165) is 30.6 Å². The van der Waals surface area contributed by atoms with Gasteiger partial charge in [-0.1, -0.05) is 26.7 Å². The fourth-order valence-electron chi connectivity index (χ4n) is 1.80. The molecule has 0 aliphatic rings. The third kappa shape index (κ3) is 4.88. The molecule has 1 rings (SSSR count). The summed E-state index contributed by atoms with van der Waals surface area (Å²) in [6.45, 7) is 6.26. The van der Waals surface area contributed by atoms with E-state index in [1.165, 1.54) is 6.07 Å². The lowest BCUT2D eigenvalue weighted by Crippen LogP contribution is -2.25. The predicted molar refractivity (Wildman–Crippen MR) is 79.9 cm³/mol. The fraction of sp³-hybridized carbons (Fsp3) is 0.615. The van der Waals surface area contributed by atoms with Crippen LogP contribution in [-0.2, 0) is 10.0 Å². The van der Waals surface area contributed by atoms with Crippen LogP contribution < -0.4 is 4.72 Å². The van der Waals surface area contributed by atoms with Crippen LogP contribution in [0, 0.1) is 12.8 Å². The van der Waals surface area contributed by atoms with Gasteiger partial charge in [0.2, 0.25) is 10.0 Å². The number of unbranched alkanes of at least 4 members (excludes halogenated alkanes) is 1. The Labute approximate surface area is 124 Å². The van der Waals surface area contributed by atoms with E-state index in [4.69, 9.17) is 5.11 Å². The molecule has 1 aromatic heterocycles. The predicted octanol–water partition coefficient (Wildman–Crippen LogP) is 2.86. The normalized spacial score (nSPS) is 12.0. The summed E-state index contributed by atoms with van der Waals surface area (Å²) in [5.41, 5.74) is 0. The van der Waals surface area contributed by atoms with Gasteiger partial charge in [-0.2, -0.15) is 0 Å². The van der Waals surface area contributed by atoms with E-state index in [9.17, 15) is 13.2 Å². The van der Waals surface area contributed by atoms with Crippen molar-refractivity contribution < 1.29 is 18.3 Å². The minimum absolute atomic E-state index is 0.0442.